The lowest BCUT2D eigenvalue weighted by Crippen LogP contribution is -2.38. The fourth-order valence-corrected chi connectivity index (χ4v) is 4.39. The molecular weight excluding hydrogens is 388 g/mol. The Balaban J connectivity index is 1.67. The highest BCUT2D eigenvalue weighted by molar-refractivity contribution is 7.89. The van der Waals surface area contributed by atoms with Gasteiger partial charge < -0.3 is 10.1 Å². The Morgan fingerprint density at radius 1 is 1.07 bits per heavy atom. The molecule has 0 heterocycles. The zero-order valence-electron chi connectivity index (χ0n) is 16.7. The second-order valence-corrected chi connectivity index (χ2v) is 8.85. The van der Waals surface area contributed by atoms with Crippen LogP contribution in [0.1, 0.15) is 11.1 Å². The second kappa shape index (κ2) is 8.63. The van der Waals surface area contributed by atoms with Gasteiger partial charge in [0.05, 0.1) is 18.6 Å². The van der Waals surface area contributed by atoms with E-state index in [0.717, 1.165) is 20.6 Å². The minimum absolute atomic E-state index is 0.125. The molecule has 0 saturated heterocycles. The lowest BCUT2D eigenvalue weighted by atomic mass is 10.0. The van der Waals surface area contributed by atoms with E-state index < -0.39 is 10.0 Å². The van der Waals surface area contributed by atoms with Gasteiger partial charge in [-0.3, -0.25) is 4.79 Å². The number of fused-ring (bicyclic) bond motifs is 1. The average molecular weight is 413 g/mol. The summed E-state index contributed by atoms with van der Waals surface area (Å²) in [5.74, 6) is 0.244. The van der Waals surface area contributed by atoms with Crippen LogP contribution in [0.5, 0.6) is 5.75 Å². The summed E-state index contributed by atoms with van der Waals surface area (Å²) in [7, 11) is -0.856. The molecule has 0 aliphatic rings. The van der Waals surface area contributed by atoms with Gasteiger partial charge in [-0.25, -0.2) is 8.42 Å². The highest BCUT2D eigenvalue weighted by Crippen LogP contribution is 2.23. The van der Waals surface area contributed by atoms with E-state index in [1.54, 1.807) is 19.1 Å². The molecule has 152 valence electrons. The molecule has 1 amide bonds. The predicted octanol–water partition coefficient (Wildman–Crippen LogP) is 3.09. The van der Waals surface area contributed by atoms with E-state index in [1.807, 2.05) is 42.5 Å². The minimum atomic E-state index is -3.78. The van der Waals surface area contributed by atoms with E-state index in [4.69, 9.17) is 4.74 Å². The maximum Gasteiger partial charge on any atom is 0.243 e. The number of likely N-dealkylation sites (N-methyl/N-ethyl adjacent to an activating group) is 1. The van der Waals surface area contributed by atoms with E-state index in [1.165, 1.54) is 20.2 Å². The van der Waals surface area contributed by atoms with Crippen LogP contribution in [0.25, 0.3) is 10.8 Å². The van der Waals surface area contributed by atoms with E-state index >= 15 is 0 Å². The molecule has 0 fully saturated rings. The van der Waals surface area contributed by atoms with Gasteiger partial charge in [0.2, 0.25) is 15.9 Å². The molecule has 29 heavy (non-hydrogen) atoms. The molecule has 0 saturated carbocycles. The number of carbonyl (C=O) groups is 1. The van der Waals surface area contributed by atoms with E-state index in [2.05, 4.69) is 5.32 Å². The zero-order valence-corrected chi connectivity index (χ0v) is 17.5. The Hall–Kier alpha value is -2.90. The van der Waals surface area contributed by atoms with Crippen molar-refractivity contribution in [2.45, 2.75) is 18.4 Å². The molecule has 0 radical (unpaired) electrons. The molecule has 6 nitrogen and oxygen atoms in total. The van der Waals surface area contributed by atoms with Crippen LogP contribution in [0, 0.1) is 6.92 Å². The quantitative estimate of drug-likeness (QED) is 0.647. The van der Waals surface area contributed by atoms with Crippen molar-refractivity contribution in [2.24, 2.45) is 0 Å². The lowest BCUT2D eigenvalue weighted by Gasteiger charge is -2.18. The van der Waals surface area contributed by atoms with Crippen LogP contribution >= 0.6 is 0 Å². The summed E-state index contributed by atoms with van der Waals surface area (Å²) in [6, 6.07) is 18.4. The van der Waals surface area contributed by atoms with Crippen molar-refractivity contribution in [1.29, 1.82) is 0 Å². The summed E-state index contributed by atoms with van der Waals surface area (Å²) in [5, 5.41) is 4.96. The number of benzene rings is 3. The van der Waals surface area contributed by atoms with Gasteiger partial charge in [0.1, 0.15) is 5.75 Å². The fraction of sp³-hybridized carbons (Fsp3) is 0.227. The van der Waals surface area contributed by atoms with Crippen LogP contribution in [0.15, 0.2) is 65.6 Å². The predicted molar refractivity (Wildman–Crippen MR) is 113 cm³/mol. The summed E-state index contributed by atoms with van der Waals surface area (Å²) in [5.41, 5.74) is 1.69. The summed E-state index contributed by atoms with van der Waals surface area (Å²) in [6.07, 6.45) is 0. The van der Waals surface area contributed by atoms with Crippen molar-refractivity contribution in [1.82, 2.24) is 9.62 Å². The summed E-state index contributed by atoms with van der Waals surface area (Å²) in [4.78, 5) is 12.5. The van der Waals surface area contributed by atoms with Gasteiger partial charge in [0.15, 0.2) is 0 Å². The number of sulfonamides is 1. The van der Waals surface area contributed by atoms with Crippen molar-refractivity contribution < 1.29 is 17.9 Å². The van der Waals surface area contributed by atoms with Crippen LogP contribution in [-0.2, 0) is 21.4 Å². The van der Waals surface area contributed by atoms with Gasteiger partial charge >= 0.3 is 0 Å². The van der Waals surface area contributed by atoms with E-state index in [0.29, 0.717) is 17.9 Å². The molecule has 3 aromatic rings. The number of aryl methyl sites for hydroxylation is 1. The third kappa shape index (κ3) is 4.58. The number of carbonyl (C=O) groups excluding carboxylic acids is 1. The highest BCUT2D eigenvalue weighted by atomic mass is 32.2. The Labute approximate surface area is 171 Å². The lowest BCUT2D eigenvalue weighted by molar-refractivity contribution is -0.121. The molecule has 0 atom stereocenters. The van der Waals surface area contributed by atoms with Gasteiger partial charge in [0, 0.05) is 13.6 Å². The summed E-state index contributed by atoms with van der Waals surface area (Å²) < 4.78 is 31.8. The number of methoxy groups -OCH3 is 1. The number of hydrogen-bond acceptors (Lipinski definition) is 4. The smallest absolute Gasteiger partial charge is 0.243 e. The Kier molecular flexibility index (Phi) is 6.20. The first-order valence-electron chi connectivity index (χ1n) is 9.17. The summed E-state index contributed by atoms with van der Waals surface area (Å²) >= 11 is 0. The Bertz CT molecular complexity index is 1140. The normalized spacial score (nSPS) is 11.6. The number of hydrogen-bond donors (Lipinski definition) is 1. The first kappa shape index (κ1) is 20.8. The molecule has 0 aliphatic carbocycles. The van der Waals surface area contributed by atoms with Crippen LogP contribution in [0.2, 0.25) is 0 Å². The highest BCUT2D eigenvalue weighted by Gasteiger charge is 2.23. The maximum atomic E-state index is 12.8. The number of amides is 1. The minimum Gasteiger partial charge on any atom is -0.496 e. The molecule has 1 N–H and O–H groups in total. The number of nitrogens with one attached hydrogen (secondary N) is 1. The molecule has 0 aliphatic heterocycles. The standard InChI is InChI=1S/C22H24N2O4S/c1-16-13-19(11-12-21(16)28-3)29(26,27)24(2)15-22(25)23-14-18-9-6-8-17-7-4-5-10-20(17)18/h4-13H,14-15H2,1-3H3,(H,23,25). The Morgan fingerprint density at radius 2 is 1.79 bits per heavy atom. The molecular formula is C22H24N2O4S. The largest absolute Gasteiger partial charge is 0.496 e. The molecule has 0 spiro atoms. The van der Waals surface area contributed by atoms with Crippen molar-refractivity contribution >= 4 is 26.7 Å². The van der Waals surface area contributed by atoms with Gasteiger partial charge in [-0.2, -0.15) is 4.31 Å². The molecule has 0 aromatic heterocycles. The molecule has 3 rings (SSSR count). The van der Waals surface area contributed by atoms with Gasteiger partial charge in [-0.15, -0.1) is 0 Å². The van der Waals surface area contributed by atoms with Crippen LogP contribution in [0.4, 0.5) is 0 Å². The van der Waals surface area contributed by atoms with Crippen LogP contribution < -0.4 is 10.1 Å². The third-order valence-electron chi connectivity index (χ3n) is 4.80. The van der Waals surface area contributed by atoms with E-state index in [-0.39, 0.29) is 17.3 Å². The van der Waals surface area contributed by atoms with Gasteiger partial charge in [-0.1, -0.05) is 42.5 Å². The van der Waals surface area contributed by atoms with Gasteiger partial charge in [-0.05, 0) is 47.0 Å². The van der Waals surface area contributed by atoms with E-state index in [9.17, 15) is 13.2 Å². The van der Waals surface area contributed by atoms with Crippen molar-refractivity contribution in [3.8, 4) is 5.75 Å². The van der Waals surface area contributed by atoms with Crippen molar-refractivity contribution in [3.63, 3.8) is 0 Å². The van der Waals surface area contributed by atoms with Crippen LogP contribution in [-0.4, -0.2) is 39.3 Å². The molecule has 0 unspecified atom stereocenters. The number of rotatable bonds is 7. The second-order valence-electron chi connectivity index (χ2n) is 6.81. The van der Waals surface area contributed by atoms with Crippen LogP contribution in [0.3, 0.4) is 0 Å². The molecule has 7 heteroatoms. The zero-order chi connectivity index (χ0) is 21.0. The number of nitrogens with zero attached hydrogens (tertiary/aromatic N) is 1. The van der Waals surface area contributed by atoms with Crippen molar-refractivity contribution in [2.75, 3.05) is 20.7 Å². The average Bonchev–Trinajstić information content (AvgIpc) is 2.72. The monoisotopic (exact) mass is 412 g/mol. The first-order chi connectivity index (χ1) is 13.8. The SMILES string of the molecule is COc1ccc(S(=O)(=O)N(C)CC(=O)NCc2cccc3ccccc23)cc1C. The third-order valence-corrected chi connectivity index (χ3v) is 6.60. The van der Waals surface area contributed by atoms with Gasteiger partial charge in [0.25, 0.3) is 0 Å². The topological polar surface area (TPSA) is 75.7 Å². The molecule has 0 bridgehead atoms. The fourth-order valence-electron chi connectivity index (χ4n) is 3.17. The number of ether oxygens (including phenoxy) is 1. The van der Waals surface area contributed by atoms with Crippen molar-refractivity contribution in [3.05, 3.63) is 71.8 Å². The Morgan fingerprint density at radius 3 is 2.52 bits per heavy atom. The maximum absolute atomic E-state index is 12.8. The summed E-state index contributed by atoms with van der Waals surface area (Å²) in [6.45, 7) is 1.84. The molecule has 3 aromatic carbocycles. The first-order valence-corrected chi connectivity index (χ1v) is 10.6.